The lowest BCUT2D eigenvalue weighted by Crippen LogP contribution is -1.96. The third-order valence-corrected chi connectivity index (χ3v) is 2.41. The molecular formula is C11H6BrF3N2. The van der Waals surface area contributed by atoms with Crippen LogP contribution in [0.2, 0.25) is 0 Å². The number of rotatable bonds is 2. The highest BCUT2D eigenvalue weighted by atomic mass is 79.9. The second kappa shape index (κ2) is 4.75. The highest BCUT2D eigenvalue weighted by Crippen LogP contribution is 2.22. The molecule has 0 bridgehead atoms. The van der Waals surface area contributed by atoms with Crippen LogP contribution in [0.3, 0.4) is 0 Å². The first-order valence-electron chi connectivity index (χ1n) is 4.58. The number of anilines is 2. The molecular weight excluding hydrogens is 297 g/mol. The van der Waals surface area contributed by atoms with Crippen LogP contribution >= 0.6 is 15.9 Å². The molecule has 0 saturated heterocycles. The topological polar surface area (TPSA) is 24.9 Å². The molecule has 2 aromatic rings. The quantitative estimate of drug-likeness (QED) is 0.848. The number of pyridine rings is 1. The number of halogens is 4. The second-order valence-corrected chi connectivity index (χ2v) is 4.19. The minimum Gasteiger partial charge on any atom is -0.354 e. The van der Waals surface area contributed by atoms with Gasteiger partial charge < -0.3 is 5.32 Å². The molecule has 0 unspecified atom stereocenters. The van der Waals surface area contributed by atoms with Crippen LogP contribution in [0.15, 0.2) is 35.1 Å². The Morgan fingerprint density at radius 3 is 2.18 bits per heavy atom. The van der Waals surface area contributed by atoms with Gasteiger partial charge in [-0.15, -0.1) is 0 Å². The Bertz CT molecular complexity index is 537. The Hall–Kier alpha value is -1.56. The van der Waals surface area contributed by atoms with Crippen LogP contribution in [0.5, 0.6) is 0 Å². The van der Waals surface area contributed by atoms with Crippen molar-refractivity contribution >= 4 is 27.3 Å². The predicted molar refractivity (Wildman–Crippen MR) is 61.5 cm³/mol. The number of hydrogen-bond donors (Lipinski definition) is 1. The maximum atomic E-state index is 12.9. The molecule has 6 heteroatoms. The van der Waals surface area contributed by atoms with Crippen molar-refractivity contribution in [1.29, 1.82) is 0 Å². The summed E-state index contributed by atoms with van der Waals surface area (Å²) < 4.78 is 39.3. The van der Waals surface area contributed by atoms with E-state index in [1.807, 2.05) is 0 Å². The third kappa shape index (κ3) is 2.76. The van der Waals surface area contributed by atoms with Crippen molar-refractivity contribution in [3.8, 4) is 0 Å². The highest BCUT2D eigenvalue weighted by molar-refractivity contribution is 9.10. The minimum atomic E-state index is -1.48. The van der Waals surface area contributed by atoms with Gasteiger partial charge in [0.15, 0.2) is 17.5 Å². The Morgan fingerprint density at radius 1 is 0.941 bits per heavy atom. The zero-order valence-corrected chi connectivity index (χ0v) is 9.93. The molecule has 0 atom stereocenters. The molecule has 1 aromatic carbocycles. The van der Waals surface area contributed by atoms with Crippen LogP contribution in [0.1, 0.15) is 0 Å². The average Bonchev–Trinajstić information content (AvgIpc) is 2.26. The van der Waals surface area contributed by atoms with E-state index >= 15 is 0 Å². The van der Waals surface area contributed by atoms with Crippen LogP contribution in [-0.4, -0.2) is 4.98 Å². The first-order chi connectivity index (χ1) is 8.06. The van der Waals surface area contributed by atoms with Gasteiger partial charge in [-0.3, -0.25) is 4.98 Å². The van der Waals surface area contributed by atoms with Gasteiger partial charge in [-0.1, -0.05) is 0 Å². The van der Waals surface area contributed by atoms with Gasteiger partial charge in [0.05, 0.1) is 11.9 Å². The maximum Gasteiger partial charge on any atom is 0.194 e. The van der Waals surface area contributed by atoms with E-state index in [1.54, 1.807) is 12.3 Å². The number of hydrogen-bond acceptors (Lipinski definition) is 2. The van der Waals surface area contributed by atoms with E-state index in [0.717, 1.165) is 12.1 Å². The smallest absolute Gasteiger partial charge is 0.194 e. The minimum absolute atomic E-state index is 0.112. The molecule has 0 aliphatic heterocycles. The molecule has 2 nitrogen and oxygen atoms in total. The standard InChI is InChI=1S/C11H6BrF3N2/c12-6-1-8(5-16-4-6)17-7-2-9(13)11(15)10(14)3-7/h1-5,17H. The van der Waals surface area contributed by atoms with E-state index in [9.17, 15) is 13.2 Å². The van der Waals surface area contributed by atoms with Crippen molar-refractivity contribution in [2.45, 2.75) is 0 Å². The normalized spacial score (nSPS) is 10.4. The van der Waals surface area contributed by atoms with Gasteiger partial charge >= 0.3 is 0 Å². The monoisotopic (exact) mass is 302 g/mol. The zero-order valence-electron chi connectivity index (χ0n) is 8.35. The van der Waals surface area contributed by atoms with Crippen LogP contribution < -0.4 is 5.32 Å². The van der Waals surface area contributed by atoms with Gasteiger partial charge in [0, 0.05) is 28.5 Å². The molecule has 1 N–H and O–H groups in total. The van der Waals surface area contributed by atoms with Crippen LogP contribution in [0, 0.1) is 17.5 Å². The van der Waals surface area contributed by atoms with Crippen molar-refractivity contribution in [2.75, 3.05) is 5.32 Å². The molecule has 1 heterocycles. The average molecular weight is 303 g/mol. The molecule has 2 rings (SSSR count). The summed E-state index contributed by atoms with van der Waals surface area (Å²) in [5, 5.41) is 2.71. The Balaban J connectivity index is 2.31. The maximum absolute atomic E-state index is 12.9. The Morgan fingerprint density at radius 2 is 1.59 bits per heavy atom. The number of nitrogens with one attached hydrogen (secondary N) is 1. The SMILES string of the molecule is Fc1cc(Nc2cncc(Br)c2)cc(F)c1F. The van der Waals surface area contributed by atoms with Gasteiger partial charge in [-0.05, 0) is 22.0 Å². The van der Waals surface area contributed by atoms with Crippen molar-refractivity contribution in [3.05, 3.63) is 52.5 Å². The van der Waals surface area contributed by atoms with Gasteiger partial charge in [-0.2, -0.15) is 0 Å². The largest absolute Gasteiger partial charge is 0.354 e. The lowest BCUT2D eigenvalue weighted by Gasteiger charge is -2.07. The van der Waals surface area contributed by atoms with Crippen molar-refractivity contribution in [1.82, 2.24) is 4.98 Å². The van der Waals surface area contributed by atoms with Crippen LogP contribution in [0.4, 0.5) is 24.5 Å². The number of benzene rings is 1. The van der Waals surface area contributed by atoms with Crippen LogP contribution in [0.25, 0.3) is 0 Å². The van der Waals surface area contributed by atoms with Gasteiger partial charge in [0.2, 0.25) is 0 Å². The summed E-state index contributed by atoms with van der Waals surface area (Å²) >= 11 is 3.21. The van der Waals surface area contributed by atoms with E-state index in [4.69, 9.17) is 0 Å². The molecule has 0 radical (unpaired) electrons. The fourth-order valence-electron chi connectivity index (χ4n) is 1.27. The summed E-state index contributed by atoms with van der Waals surface area (Å²) in [6.45, 7) is 0. The molecule has 0 spiro atoms. The van der Waals surface area contributed by atoms with Gasteiger partial charge in [-0.25, -0.2) is 13.2 Å². The molecule has 17 heavy (non-hydrogen) atoms. The molecule has 0 aliphatic carbocycles. The Kier molecular flexibility index (Phi) is 3.33. The van der Waals surface area contributed by atoms with E-state index in [-0.39, 0.29) is 5.69 Å². The first-order valence-corrected chi connectivity index (χ1v) is 5.37. The van der Waals surface area contributed by atoms with Crippen molar-refractivity contribution in [3.63, 3.8) is 0 Å². The number of nitrogens with zero attached hydrogens (tertiary/aromatic N) is 1. The fraction of sp³-hybridized carbons (Fsp3) is 0. The second-order valence-electron chi connectivity index (χ2n) is 3.27. The molecule has 0 amide bonds. The summed E-state index contributed by atoms with van der Waals surface area (Å²) in [5.74, 6) is -3.96. The van der Waals surface area contributed by atoms with E-state index in [0.29, 0.717) is 10.2 Å². The number of aromatic nitrogens is 1. The van der Waals surface area contributed by atoms with E-state index < -0.39 is 17.5 Å². The lowest BCUT2D eigenvalue weighted by atomic mass is 10.2. The Labute approximate surface area is 104 Å². The van der Waals surface area contributed by atoms with Crippen molar-refractivity contribution in [2.24, 2.45) is 0 Å². The first kappa shape index (κ1) is 11.9. The van der Waals surface area contributed by atoms with Gasteiger partial charge in [0.1, 0.15) is 0 Å². The molecule has 88 valence electrons. The fourth-order valence-corrected chi connectivity index (χ4v) is 1.64. The third-order valence-electron chi connectivity index (χ3n) is 1.98. The molecule has 0 saturated carbocycles. The molecule has 1 aromatic heterocycles. The summed E-state index contributed by atoms with van der Waals surface area (Å²) in [6.07, 6.45) is 3.04. The molecule has 0 aliphatic rings. The summed E-state index contributed by atoms with van der Waals surface area (Å²) in [7, 11) is 0. The van der Waals surface area contributed by atoms with E-state index in [2.05, 4.69) is 26.2 Å². The summed E-state index contributed by atoms with van der Waals surface area (Å²) in [6, 6.07) is 3.42. The summed E-state index contributed by atoms with van der Waals surface area (Å²) in [5.41, 5.74) is 0.645. The zero-order chi connectivity index (χ0) is 12.4. The van der Waals surface area contributed by atoms with Crippen LogP contribution in [-0.2, 0) is 0 Å². The van der Waals surface area contributed by atoms with Crippen molar-refractivity contribution < 1.29 is 13.2 Å². The van der Waals surface area contributed by atoms with E-state index in [1.165, 1.54) is 6.20 Å². The highest BCUT2D eigenvalue weighted by Gasteiger charge is 2.10. The lowest BCUT2D eigenvalue weighted by molar-refractivity contribution is 0.448. The van der Waals surface area contributed by atoms with Gasteiger partial charge in [0.25, 0.3) is 0 Å². The summed E-state index contributed by atoms with van der Waals surface area (Å²) in [4.78, 5) is 3.87. The molecule has 0 fully saturated rings. The predicted octanol–water partition coefficient (Wildman–Crippen LogP) is 4.01.